The first kappa shape index (κ1) is 20.7. The van der Waals surface area contributed by atoms with Crippen molar-refractivity contribution in [2.75, 3.05) is 0 Å². The van der Waals surface area contributed by atoms with E-state index >= 15 is 0 Å². The number of aliphatic imine (C=N–C) groups is 1. The number of aryl methyl sites for hydroxylation is 1. The molecule has 0 spiro atoms. The lowest BCUT2D eigenvalue weighted by Gasteiger charge is -2.29. The summed E-state index contributed by atoms with van der Waals surface area (Å²) in [5.74, 6) is 1.57. The van der Waals surface area contributed by atoms with Crippen LogP contribution in [0.1, 0.15) is 48.9 Å². The van der Waals surface area contributed by atoms with Gasteiger partial charge in [0.1, 0.15) is 11.3 Å². The van der Waals surface area contributed by atoms with Crippen LogP contribution in [0, 0.1) is 18.3 Å². The highest BCUT2D eigenvalue weighted by atomic mass is 16.5. The Morgan fingerprint density at radius 2 is 1.71 bits per heavy atom. The fraction of sp³-hybridized carbons (Fsp3) is 0.259. The zero-order valence-corrected chi connectivity index (χ0v) is 18.2. The van der Waals surface area contributed by atoms with Crippen molar-refractivity contribution in [1.82, 2.24) is 0 Å². The van der Waals surface area contributed by atoms with E-state index in [-0.39, 0.29) is 6.10 Å². The van der Waals surface area contributed by atoms with Gasteiger partial charge in [0.15, 0.2) is 0 Å². The molecule has 1 aliphatic heterocycles. The third-order valence-electron chi connectivity index (χ3n) is 5.76. The lowest BCUT2D eigenvalue weighted by atomic mass is 9.80. The predicted octanol–water partition coefficient (Wildman–Crippen LogP) is 5.72. The minimum atomic E-state index is -0.520. The lowest BCUT2D eigenvalue weighted by Crippen LogP contribution is -2.23. The van der Waals surface area contributed by atoms with Crippen molar-refractivity contribution < 1.29 is 4.74 Å². The number of benzene rings is 3. The summed E-state index contributed by atoms with van der Waals surface area (Å²) in [7, 11) is 0. The fourth-order valence-electron chi connectivity index (χ4n) is 4.27. The normalized spacial score (nSPS) is 18.0. The number of nitriles is 1. The van der Waals surface area contributed by atoms with Crippen LogP contribution in [0.2, 0.25) is 0 Å². The van der Waals surface area contributed by atoms with Gasteiger partial charge in [-0.25, -0.2) is 0 Å². The third kappa shape index (κ3) is 4.04. The van der Waals surface area contributed by atoms with Gasteiger partial charge in [-0.1, -0.05) is 36.4 Å². The van der Waals surface area contributed by atoms with Gasteiger partial charge < -0.3 is 10.5 Å². The molecule has 1 aliphatic rings. The van der Waals surface area contributed by atoms with Gasteiger partial charge in [-0.2, -0.15) is 5.26 Å². The van der Waals surface area contributed by atoms with E-state index in [1.165, 1.54) is 0 Å². The van der Waals surface area contributed by atoms with E-state index in [2.05, 4.69) is 49.4 Å². The molecule has 1 atom stereocenters. The van der Waals surface area contributed by atoms with E-state index < -0.39 is 5.54 Å². The Morgan fingerprint density at radius 1 is 1.00 bits per heavy atom. The van der Waals surface area contributed by atoms with Crippen molar-refractivity contribution >= 4 is 5.84 Å². The SMILES string of the molecule is Cc1cc(C2(c3cccc(-c4cccc(C#N)c4)c3)CCC(N)=N2)ccc1OC(C)C. The molecule has 156 valence electrons. The summed E-state index contributed by atoms with van der Waals surface area (Å²) in [6.45, 7) is 6.13. The molecule has 0 bridgehead atoms. The molecule has 0 amide bonds. The molecule has 31 heavy (non-hydrogen) atoms. The molecule has 2 N–H and O–H groups in total. The third-order valence-corrected chi connectivity index (χ3v) is 5.76. The minimum Gasteiger partial charge on any atom is -0.491 e. The number of amidine groups is 1. The first-order chi connectivity index (χ1) is 14.9. The molecular weight excluding hydrogens is 382 g/mol. The number of rotatable bonds is 5. The van der Waals surface area contributed by atoms with E-state index in [0.717, 1.165) is 46.4 Å². The van der Waals surface area contributed by atoms with Gasteiger partial charge in [0, 0.05) is 6.42 Å². The minimum absolute atomic E-state index is 0.125. The van der Waals surface area contributed by atoms with E-state index in [0.29, 0.717) is 11.4 Å². The second-order valence-electron chi connectivity index (χ2n) is 8.38. The zero-order chi connectivity index (χ0) is 22.0. The summed E-state index contributed by atoms with van der Waals surface area (Å²) < 4.78 is 5.93. The van der Waals surface area contributed by atoms with E-state index in [9.17, 15) is 5.26 Å². The Kier molecular flexibility index (Phi) is 5.52. The van der Waals surface area contributed by atoms with E-state index in [1.54, 1.807) is 0 Å². The molecule has 0 aromatic heterocycles. The lowest BCUT2D eigenvalue weighted by molar-refractivity contribution is 0.240. The first-order valence-electron chi connectivity index (χ1n) is 10.6. The van der Waals surface area contributed by atoms with Gasteiger partial charge in [-0.3, -0.25) is 4.99 Å². The van der Waals surface area contributed by atoms with Crippen LogP contribution < -0.4 is 10.5 Å². The van der Waals surface area contributed by atoms with Gasteiger partial charge in [0.25, 0.3) is 0 Å². The molecule has 1 unspecified atom stereocenters. The smallest absolute Gasteiger partial charge is 0.122 e. The maximum atomic E-state index is 9.27. The highest BCUT2D eigenvalue weighted by Gasteiger charge is 2.38. The molecular formula is C27H27N3O. The van der Waals surface area contributed by atoms with Crippen molar-refractivity contribution in [2.24, 2.45) is 10.7 Å². The summed E-state index contributed by atoms with van der Waals surface area (Å²) >= 11 is 0. The zero-order valence-electron chi connectivity index (χ0n) is 18.2. The summed E-state index contributed by atoms with van der Waals surface area (Å²) in [6, 6.07) is 24.6. The Labute approximate surface area is 184 Å². The fourth-order valence-corrected chi connectivity index (χ4v) is 4.27. The Bertz CT molecular complexity index is 1190. The van der Waals surface area contributed by atoms with E-state index in [1.807, 2.05) is 44.2 Å². The largest absolute Gasteiger partial charge is 0.491 e. The van der Waals surface area contributed by atoms with Crippen LogP contribution >= 0.6 is 0 Å². The van der Waals surface area contributed by atoms with Crippen molar-refractivity contribution in [3.63, 3.8) is 0 Å². The molecule has 4 nitrogen and oxygen atoms in total. The van der Waals surface area contributed by atoms with Crippen LogP contribution in [0.3, 0.4) is 0 Å². The average Bonchev–Trinajstić information content (AvgIpc) is 3.18. The van der Waals surface area contributed by atoms with Crippen LogP contribution in [-0.4, -0.2) is 11.9 Å². The van der Waals surface area contributed by atoms with Crippen molar-refractivity contribution in [1.29, 1.82) is 5.26 Å². The van der Waals surface area contributed by atoms with Gasteiger partial charge in [-0.15, -0.1) is 0 Å². The molecule has 3 aromatic rings. The second kappa shape index (κ2) is 8.28. The topological polar surface area (TPSA) is 71.4 Å². The molecule has 0 radical (unpaired) electrons. The number of ether oxygens (including phenoxy) is 1. The van der Waals surface area contributed by atoms with Gasteiger partial charge in [-0.05, 0) is 85.3 Å². The molecule has 0 fully saturated rings. The molecule has 0 saturated heterocycles. The molecule has 3 aromatic carbocycles. The summed E-state index contributed by atoms with van der Waals surface area (Å²) in [5.41, 5.74) is 11.7. The molecule has 0 aliphatic carbocycles. The predicted molar refractivity (Wildman–Crippen MR) is 125 cm³/mol. The van der Waals surface area contributed by atoms with Crippen molar-refractivity contribution in [3.05, 3.63) is 89.0 Å². The van der Waals surface area contributed by atoms with Gasteiger partial charge in [0.05, 0.1) is 23.6 Å². The highest BCUT2D eigenvalue weighted by molar-refractivity contribution is 5.84. The maximum Gasteiger partial charge on any atom is 0.122 e. The average molecular weight is 410 g/mol. The van der Waals surface area contributed by atoms with Crippen LogP contribution in [0.5, 0.6) is 5.75 Å². The van der Waals surface area contributed by atoms with E-state index in [4.69, 9.17) is 15.5 Å². The van der Waals surface area contributed by atoms with Crippen LogP contribution in [0.4, 0.5) is 0 Å². The Morgan fingerprint density at radius 3 is 2.35 bits per heavy atom. The number of nitrogens with two attached hydrogens (primary N) is 1. The van der Waals surface area contributed by atoms with Gasteiger partial charge in [0.2, 0.25) is 0 Å². The standard InChI is InChI=1S/C27H27N3O/c1-18(2)31-25-11-10-24(14-19(25)3)27(13-12-26(29)30-27)23-9-5-8-22(16-23)21-7-4-6-20(15-21)17-28/h4-11,14-16,18H,12-13H2,1-3H3,(H2,29,30). The molecule has 1 heterocycles. The van der Waals surface area contributed by atoms with Crippen molar-refractivity contribution in [3.8, 4) is 22.9 Å². The van der Waals surface area contributed by atoms with Crippen LogP contribution in [0.25, 0.3) is 11.1 Å². The van der Waals surface area contributed by atoms with Crippen LogP contribution in [-0.2, 0) is 5.54 Å². The molecule has 4 rings (SSSR count). The quantitative estimate of drug-likeness (QED) is 0.586. The number of nitrogens with zero attached hydrogens (tertiary/aromatic N) is 2. The Balaban J connectivity index is 1.81. The number of hydrogen-bond acceptors (Lipinski definition) is 4. The maximum absolute atomic E-state index is 9.27. The monoisotopic (exact) mass is 409 g/mol. The molecule has 4 heteroatoms. The number of hydrogen-bond donors (Lipinski definition) is 1. The molecule has 0 saturated carbocycles. The highest BCUT2D eigenvalue weighted by Crippen LogP contribution is 2.44. The Hall–Kier alpha value is -3.58. The van der Waals surface area contributed by atoms with Crippen LogP contribution in [0.15, 0.2) is 71.7 Å². The summed E-state index contributed by atoms with van der Waals surface area (Å²) in [5, 5.41) is 9.27. The van der Waals surface area contributed by atoms with Gasteiger partial charge >= 0.3 is 0 Å². The summed E-state index contributed by atoms with van der Waals surface area (Å²) in [4.78, 5) is 4.96. The first-order valence-corrected chi connectivity index (χ1v) is 10.6. The van der Waals surface area contributed by atoms with Crippen molar-refractivity contribution in [2.45, 2.75) is 45.3 Å². The second-order valence-corrected chi connectivity index (χ2v) is 8.38. The summed E-state index contributed by atoms with van der Waals surface area (Å²) in [6.07, 6.45) is 1.71.